The molecule has 2 heterocycles. The van der Waals surface area contributed by atoms with Crippen LogP contribution in [0.1, 0.15) is 42.5 Å². The molecule has 1 aliphatic heterocycles. The summed E-state index contributed by atoms with van der Waals surface area (Å²) in [6, 6.07) is 7.97. The van der Waals surface area contributed by atoms with Gasteiger partial charge in [-0.1, -0.05) is 12.8 Å². The van der Waals surface area contributed by atoms with Crippen LogP contribution in [0.5, 0.6) is 0 Å². The molecule has 0 bridgehead atoms. The molecule has 1 aromatic heterocycles. The lowest BCUT2D eigenvalue weighted by atomic mass is 9.71. The maximum atomic E-state index is 12.9. The molecule has 1 aliphatic carbocycles. The molecule has 1 saturated carbocycles. The number of hydrogen-bond donors (Lipinski definition) is 1. The van der Waals surface area contributed by atoms with Crippen LogP contribution >= 0.6 is 0 Å². The van der Waals surface area contributed by atoms with Crippen molar-refractivity contribution in [1.82, 2.24) is 9.47 Å². The van der Waals surface area contributed by atoms with Crippen molar-refractivity contribution in [2.24, 2.45) is 13.0 Å². The summed E-state index contributed by atoms with van der Waals surface area (Å²) in [7, 11) is 2.01. The minimum atomic E-state index is -0.529. The topological polar surface area (TPSA) is 45.5 Å². The Morgan fingerprint density at radius 3 is 3.00 bits per heavy atom. The third kappa shape index (κ3) is 2.45. The summed E-state index contributed by atoms with van der Waals surface area (Å²) in [5.74, 6) is 0.345. The van der Waals surface area contributed by atoms with Gasteiger partial charge in [-0.15, -0.1) is 0 Å². The largest absolute Gasteiger partial charge is 0.389 e. The number of piperidine rings is 1. The number of carbonyl (C=O) groups excluding carboxylic acids is 1. The number of fused-ring (bicyclic) bond motifs is 2. The number of aromatic nitrogens is 1. The van der Waals surface area contributed by atoms with Gasteiger partial charge >= 0.3 is 0 Å². The van der Waals surface area contributed by atoms with E-state index in [0.29, 0.717) is 13.1 Å². The van der Waals surface area contributed by atoms with Gasteiger partial charge in [0.25, 0.3) is 5.91 Å². The maximum Gasteiger partial charge on any atom is 0.253 e. The summed E-state index contributed by atoms with van der Waals surface area (Å²) in [4.78, 5) is 14.8. The average Bonchev–Trinajstić information content (AvgIpc) is 2.94. The van der Waals surface area contributed by atoms with E-state index in [0.717, 1.165) is 42.1 Å². The number of hydrogen-bond acceptors (Lipinski definition) is 2. The molecule has 1 saturated heterocycles. The SMILES string of the molecule is Cn1ccc2cc(C(=O)N3CC[C@]4(O)CCCC[C@@H]4C3)ccc21. The van der Waals surface area contributed by atoms with E-state index in [1.807, 2.05) is 42.4 Å². The number of aliphatic hydroxyl groups is 1. The summed E-state index contributed by atoms with van der Waals surface area (Å²) in [6.07, 6.45) is 6.96. The van der Waals surface area contributed by atoms with Crippen molar-refractivity contribution < 1.29 is 9.90 Å². The molecule has 1 aromatic carbocycles. The summed E-state index contributed by atoms with van der Waals surface area (Å²) < 4.78 is 2.06. The second kappa shape index (κ2) is 5.38. The Hall–Kier alpha value is -1.81. The summed E-state index contributed by atoms with van der Waals surface area (Å²) in [6.45, 7) is 1.36. The van der Waals surface area contributed by atoms with Gasteiger partial charge < -0.3 is 14.6 Å². The van der Waals surface area contributed by atoms with Crippen LogP contribution in [0.4, 0.5) is 0 Å². The standard InChI is InChI=1S/C19H24N2O2/c1-20-10-7-14-12-15(5-6-17(14)20)18(22)21-11-9-19(23)8-3-2-4-16(19)13-21/h5-7,10,12,16,23H,2-4,8-9,11,13H2,1H3/t16-,19-/m1/s1. The first kappa shape index (κ1) is 14.8. The fourth-order valence-electron chi connectivity index (χ4n) is 4.35. The van der Waals surface area contributed by atoms with Crippen molar-refractivity contribution in [3.05, 3.63) is 36.0 Å². The van der Waals surface area contributed by atoms with Gasteiger partial charge in [0.2, 0.25) is 0 Å². The van der Waals surface area contributed by atoms with Gasteiger partial charge in [0.15, 0.2) is 0 Å². The smallest absolute Gasteiger partial charge is 0.253 e. The van der Waals surface area contributed by atoms with E-state index in [9.17, 15) is 9.90 Å². The molecule has 1 N–H and O–H groups in total. The number of benzene rings is 1. The third-order valence-corrected chi connectivity index (χ3v) is 5.85. The molecule has 2 aliphatic rings. The average molecular weight is 312 g/mol. The van der Waals surface area contributed by atoms with E-state index < -0.39 is 5.60 Å². The molecule has 0 radical (unpaired) electrons. The highest BCUT2D eigenvalue weighted by Gasteiger charge is 2.43. The Morgan fingerprint density at radius 2 is 2.13 bits per heavy atom. The molecule has 4 rings (SSSR count). The Kier molecular flexibility index (Phi) is 3.45. The van der Waals surface area contributed by atoms with E-state index in [-0.39, 0.29) is 11.8 Å². The summed E-state index contributed by atoms with van der Waals surface area (Å²) >= 11 is 0. The third-order valence-electron chi connectivity index (χ3n) is 5.85. The van der Waals surface area contributed by atoms with Gasteiger partial charge in [-0.05, 0) is 43.5 Å². The van der Waals surface area contributed by atoms with Gasteiger partial charge in [-0.2, -0.15) is 0 Å². The number of carbonyl (C=O) groups is 1. The maximum absolute atomic E-state index is 12.9. The van der Waals surface area contributed by atoms with Crippen LogP contribution in [-0.2, 0) is 7.05 Å². The quantitative estimate of drug-likeness (QED) is 0.880. The van der Waals surface area contributed by atoms with Gasteiger partial charge in [0, 0.05) is 48.7 Å². The summed E-state index contributed by atoms with van der Waals surface area (Å²) in [5, 5.41) is 11.9. The first-order valence-electron chi connectivity index (χ1n) is 8.64. The van der Waals surface area contributed by atoms with E-state index in [1.165, 1.54) is 6.42 Å². The Balaban J connectivity index is 1.56. The molecule has 2 aromatic rings. The second-order valence-electron chi connectivity index (χ2n) is 7.25. The van der Waals surface area contributed by atoms with E-state index >= 15 is 0 Å². The Morgan fingerprint density at radius 1 is 1.26 bits per heavy atom. The van der Waals surface area contributed by atoms with E-state index in [1.54, 1.807) is 0 Å². The highest BCUT2D eigenvalue weighted by Crippen LogP contribution is 2.40. The normalized spacial score (nSPS) is 27.9. The molecule has 0 spiro atoms. The number of amides is 1. The van der Waals surface area contributed by atoms with Crippen LogP contribution in [0, 0.1) is 5.92 Å². The molecule has 23 heavy (non-hydrogen) atoms. The summed E-state index contributed by atoms with van der Waals surface area (Å²) in [5.41, 5.74) is 1.37. The van der Waals surface area contributed by atoms with Gasteiger partial charge in [-0.25, -0.2) is 0 Å². The van der Waals surface area contributed by atoms with Crippen LogP contribution in [0.3, 0.4) is 0 Å². The van der Waals surface area contributed by atoms with Gasteiger partial charge in [0.1, 0.15) is 0 Å². The number of nitrogens with zero attached hydrogens (tertiary/aromatic N) is 2. The zero-order valence-electron chi connectivity index (χ0n) is 13.7. The highest BCUT2D eigenvalue weighted by molar-refractivity contribution is 5.98. The minimum absolute atomic E-state index is 0.100. The van der Waals surface area contributed by atoms with Crippen molar-refractivity contribution in [3.8, 4) is 0 Å². The number of rotatable bonds is 1. The van der Waals surface area contributed by atoms with Gasteiger partial charge in [0.05, 0.1) is 5.60 Å². The monoisotopic (exact) mass is 312 g/mol. The van der Waals surface area contributed by atoms with Crippen molar-refractivity contribution >= 4 is 16.8 Å². The lowest BCUT2D eigenvalue weighted by Gasteiger charge is -2.47. The lowest BCUT2D eigenvalue weighted by molar-refractivity contribution is -0.0886. The van der Waals surface area contributed by atoms with E-state index in [4.69, 9.17) is 0 Å². The van der Waals surface area contributed by atoms with Crippen LogP contribution in [0.2, 0.25) is 0 Å². The van der Waals surface area contributed by atoms with Crippen LogP contribution in [0.25, 0.3) is 10.9 Å². The zero-order valence-corrected chi connectivity index (χ0v) is 13.7. The van der Waals surface area contributed by atoms with Crippen LogP contribution in [-0.4, -0.2) is 39.2 Å². The molecule has 122 valence electrons. The van der Waals surface area contributed by atoms with Crippen molar-refractivity contribution in [2.45, 2.75) is 37.7 Å². The molecular formula is C19H24N2O2. The minimum Gasteiger partial charge on any atom is -0.389 e. The fourth-order valence-corrected chi connectivity index (χ4v) is 4.35. The second-order valence-corrected chi connectivity index (χ2v) is 7.25. The zero-order chi connectivity index (χ0) is 16.0. The molecule has 2 atom stereocenters. The molecule has 0 unspecified atom stereocenters. The van der Waals surface area contributed by atoms with E-state index in [2.05, 4.69) is 4.57 Å². The first-order valence-corrected chi connectivity index (χ1v) is 8.64. The first-order chi connectivity index (χ1) is 11.1. The Bertz CT molecular complexity index is 751. The van der Waals surface area contributed by atoms with Crippen molar-refractivity contribution in [1.29, 1.82) is 0 Å². The Labute approximate surface area is 136 Å². The molecule has 1 amide bonds. The molecule has 4 nitrogen and oxygen atoms in total. The number of likely N-dealkylation sites (tertiary alicyclic amines) is 1. The fraction of sp³-hybridized carbons (Fsp3) is 0.526. The predicted octanol–water partition coefficient (Wildman–Crippen LogP) is 2.95. The number of aryl methyl sites for hydroxylation is 1. The van der Waals surface area contributed by atoms with Crippen molar-refractivity contribution in [2.75, 3.05) is 13.1 Å². The molecule has 2 fully saturated rings. The molecular weight excluding hydrogens is 288 g/mol. The van der Waals surface area contributed by atoms with Crippen molar-refractivity contribution in [3.63, 3.8) is 0 Å². The highest BCUT2D eigenvalue weighted by atomic mass is 16.3. The lowest BCUT2D eigenvalue weighted by Crippen LogP contribution is -2.54. The predicted molar refractivity (Wildman–Crippen MR) is 90.3 cm³/mol. The molecule has 4 heteroatoms. The van der Waals surface area contributed by atoms with Gasteiger partial charge in [-0.3, -0.25) is 4.79 Å². The van der Waals surface area contributed by atoms with Crippen LogP contribution in [0.15, 0.2) is 30.5 Å². The van der Waals surface area contributed by atoms with Crippen LogP contribution < -0.4 is 0 Å².